The molecule has 2 aromatic rings. The van der Waals surface area contributed by atoms with E-state index < -0.39 is 0 Å². The molecular weight excluding hydrogens is 254 g/mol. The molecule has 2 rings (SSSR count). The number of methoxy groups -OCH3 is 1. The Morgan fingerprint density at radius 2 is 1.95 bits per heavy atom. The number of benzene rings is 1. The van der Waals surface area contributed by atoms with Crippen LogP contribution in [0.1, 0.15) is 30.2 Å². The summed E-state index contributed by atoms with van der Waals surface area (Å²) in [7, 11) is 1.60. The Labute approximate surface area is 117 Å². The molecule has 1 aromatic carbocycles. The summed E-state index contributed by atoms with van der Waals surface area (Å²) in [6.07, 6.45) is 0.594. The Kier molecular flexibility index (Phi) is 4.03. The smallest absolute Gasteiger partial charge is 0.261 e. The molecule has 20 heavy (non-hydrogen) atoms. The maximum atomic E-state index is 12.3. The van der Waals surface area contributed by atoms with Crippen LogP contribution in [-0.2, 0) is 0 Å². The fourth-order valence-corrected chi connectivity index (χ4v) is 2.19. The van der Waals surface area contributed by atoms with Gasteiger partial charge in [-0.1, -0.05) is 12.1 Å². The zero-order chi connectivity index (χ0) is 14.7. The number of pyridine rings is 1. The molecule has 4 nitrogen and oxygen atoms in total. The normalized spacial score (nSPS) is 10.6. The highest BCUT2D eigenvalue weighted by molar-refractivity contribution is 5.75. The van der Waals surface area contributed by atoms with E-state index in [0.29, 0.717) is 6.29 Å². The first kappa shape index (κ1) is 14.1. The van der Waals surface area contributed by atoms with E-state index in [4.69, 9.17) is 4.74 Å². The Balaban J connectivity index is 2.70. The first-order valence-electron chi connectivity index (χ1n) is 6.43. The van der Waals surface area contributed by atoms with Gasteiger partial charge in [0, 0.05) is 11.6 Å². The minimum Gasteiger partial charge on any atom is -0.497 e. The van der Waals surface area contributed by atoms with Crippen molar-refractivity contribution >= 4 is 6.29 Å². The van der Waals surface area contributed by atoms with Crippen LogP contribution in [0.15, 0.2) is 41.2 Å². The summed E-state index contributed by atoms with van der Waals surface area (Å²) >= 11 is 0. The van der Waals surface area contributed by atoms with Crippen LogP contribution in [0.4, 0.5) is 0 Å². The van der Waals surface area contributed by atoms with E-state index in [0.717, 1.165) is 17.0 Å². The van der Waals surface area contributed by atoms with Gasteiger partial charge in [-0.05, 0) is 38.1 Å². The molecule has 4 heteroatoms. The standard InChI is InChI=1S/C16H17NO3/c1-11(2)17-15(8-7-13(10-18)16(17)19)12-5-4-6-14(9-12)20-3/h4-11H,1-3H3. The van der Waals surface area contributed by atoms with Crippen molar-refractivity contribution in [2.45, 2.75) is 19.9 Å². The van der Waals surface area contributed by atoms with Crippen LogP contribution < -0.4 is 10.3 Å². The van der Waals surface area contributed by atoms with Crippen molar-refractivity contribution < 1.29 is 9.53 Å². The summed E-state index contributed by atoms with van der Waals surface area (Å²) in [6, 6.07) is 10.8. The second-order valence-electron chi connectivity index (χ2n) is 4.79. The molecule has 0 saturated heterocycles. The second kappa shape index (κ2) is 5.74. The molecule has 0 saturated carbocycles. The third kappa shape index (κ3) is 2.50. The first-order valence-corrected chi connectivity index (χ1v) is 6.43. The van der Waals surface area contributed by atoms with Gasteiger partial charge in [0.25, 0.3) is 5.56 Å². The largest absolute Gasteiger partial charge is 0.497 e. The van der Waals surface area contributed by atoms with Crippen molar-refractivity contribution in [2.24, 2.45) is 0 Å². The van der Waals surface area contributed by atoms with Gasteiger partial charge >= 0.3 is 0 Å². The van der Waals surface area contributed by atoms with Gasteiger partial charge in [-0.3, -0.25) is 9.59 Å². The van der Waals surface area contributed by atoms with Gasteiger partial charge in [0.1, 0.15) is 5.75 Å². The number of carbonyl (C=O) groups excluding carboxylic acids is 1. The summed E-state index contributed by atoms with van der Waals surface area (Å²) in [4.78, 5) is 23.2. The number of carbonyl (C=O) groups is 1. The van der Waals surface area contributed by atoms with Crippen LogP contribution in [-0.4, -0.2) is 18.0 Å². The fraction of sp³-hybridized carbons (Fsp3) is 0.250. The van der Waals surface area contributed by atoms with E-state index >= 15 is 0 Å². The maximum Gasteiger partial charge on any atom is 0.261 e. The van der Waals surface area contributed by atoms with Gasteiger partial charge in [-0.2, -0.15) is 0 Å². The van der Waals surface area contributed by atoms with E-state index in [1.165, 1.54) is 0 Å². The van der Waals surface area contributed by atoms with E-state index in [1.54, 1.807) is 23.8 Å². The molecule has 1 aromatic heterocycles. The van der Waals surface area contributed by atoms with Crippen molar-refractivity contribution in [3.05, 3.63) is 52.3 Å². The monoisotopic (exact) mass is 271 g/mol. The zero-order valence-corrected chi connectivity index (χ0v) is 11.8. The van der Waals surface area contributed by atoms with Crippen LogP contribution in [0.2, 0.25) is 0 Å². The number of hydrogen-bond acceptors (Lipinski definition) is 3. The van der Waals surface area contributed by atoms with Crippen molar-refractivity contribution in [3.63, 3.8) is 0 Å². The Bertz CT molecular complexity index is 686. The quantitative estimate of drug-likeness (QED) is 0.803. The van der Waals surface area contributed by atoms with Crippen molar-refractivity contribution in [3.8, 4) is 17.0 Å². The number of aldehydes is 1. The number of rotatable bonds is 4. The minimum atomic E-state index is -0.268. The molecule has 0 spiro atoms. The second-order valence-corrected chi connectivity index (χ2v) is 4.79. The molecular formula is C16H17NO3. The zero-order valence-electron chi connectivity index (χ0n) is 11.8. The highest BCUT2D eigenvalue weighted by Crippen LogP contribution is 2.24. The summed E-state index contributed by atoms with van der Waals surface area (Å²) in [6.45, 7) is 3.83. The Morgan fingerprint density at radius 3 is 2.55 bits per heavy atom. The number of aromatic nitrogens is 1. The van der Waals surface area contributed by atoms with Gasteiger partial charge in [0.2, 0.25) is 0 Å². The molecule has 0 atom stereocenters. The molecule has 0 aliphatic rings. The predicted octanol–water partition coefficient (Wildman–Crippen LogP) is 2.92. The average molecular weight is 271 g/mol. The molecule has 0 fully saturated rings. The average Bonchev–Trinajstić information content (AvgIpc) is 2.46. The molecule has 0 aliphatic carbocycles. The molecule has 0 aliphatic heterocycles. The molecule has 0 unspecified atom stereocenters. The van der Waals surface area contributed by atoms with Crippen LogP contribution in [0.25, 0.3) is 11.3 Å². The fourth-order valence-electron chi connectivity index (χ4n) is 2.19. The summed E-state index contributed by atoms with van der Waals surface area (Å²) in [5, 5.41) is 0. The molecule has 104 valence electrons. The van der Waals surface area contributed by atoms with E-state index in [1.807, 2.05) is 38.1 Å². The van der Waals surface area contributed by atoms with Gasteiger partial charge in [-0.15, -0.1) is 0 Å². The maximum absolute atomic E-state index is 12.3. The summed E-state index contributed by atoms with van der Waals surface area (Å²) in [5.41, 5.74) is 1.56. The van der Waals surface area contributed by atoms with Crippen molar-refractivity contribution in [1.82, 2.24) is 4.57 Å². The first-order chi connectivity index (χ1) is 9.58. The van der Waals surface area contributed by atoms with E-state index in [2.05, 4.69) is 0 Å². The lowest BCUT2D eigenvalue weighted by Gasteiger charge is -2.17. The lowest BCUT2D eigenvalue weighted by atomic mass is 10.1. The number of hydrogen-bond donors (Lipinski definition) is 0. The highest BCUT2D eigenvalue weighted by Gasteiger charge is 2.13. The van der Waals surface area contributed by atoms with Crippen molar-refractivity contribution in [1.29, 1.82) is 0 Å². The minimum absolute atomic E-state index is 0.0383. The number of nitrogens with zero attached hydrogens (tertiary/aromatic N) is 1. The van der Waals surface area contributed by atoms with Gasteiger partial charge in [0.15, 0.2) is 6.29 Å². The molecule has 0 amide bonds. The molecule has 0 N–H and O–H groups in total. The predicted molar refractivity (Wildman–Crippen MR) is 78.5 cm³/mol. The van der Waals surface area contributed by atoms with Crippen molar-refractivity contribution in [2.75, 3.05) is 7.11 Å². The topological polar surface area (TPSA) is 48.3 Å². The van der Waals surface area contributed by atoms with Gasteiger partial charge < -0.3 is 9.30 Å². The molecule has 1 heterocycles. The van der Waals surface area contributed by atoms with Gasteiger partial charge in [-0.25, -0.2) is 0 Å². The lowest BCUT2D eigenvalue weighted by molar-refractivity contribution is 0.112. The molecule has 0 radical (unpaired) electrons. The third-order valence-electron chi connectivity index (χ3n) is 3.15. The Hall–Kier alpha value is -2.36. The van der Waals surface area contributed by atoms with Crippen LogP contribution >= 0.6 is 0 Å². The van der Waals surface area contributed by atoms with E-state index in [-0.39, 0.29) is 17.2 Å². The third-order valence-corrected chi connectivity index (χ3v) is 3.15. The lowest BCUT2D eigenvalue weighted by Crippen LogP contribution is -2.26. The van der Waals surface area contributed by atoms with Crippen LogP contribution in [0, 0.1) is 0 Å². The Morgan fingerprint density at radius 1 is 1.20 bits per heavy atom. The van der Waals surface area contributed by atoms with Crippen LogP contribution in [0.3, 0.4) is 0 Å². The van der Waals surface area contributed by atoms with Gasteiger partial charge in [0.05, 0.1) is 18.4 Å². The summed E-state index contributed by atoms with van der Waals surface area (Å²) in [5.74, 6) is 0.727. The van der Waals surface area contributed by atoms with Crippen LogP contribution in [0.5, 0.6) is 5.75 Å². The summed E-state index contributed by atoms with van der Waals surface area (Å²) < 4.78 is 6.83. The molecule has 0 bridgehead atoms. The SMILES string of the molecule is COc1cccc(-c2ccc(C=O)c(=O)n2C(C)C)c1. The highest BCUT2D eigenvalue weighted by atomic mass is 16.5. The van der Waals surface area contributed by atoms with E-state index in [9.17, 15) is 9.59 Å². The number of ether oxygens (including phenoxy) is 1.